The Hall–Kier alpha value is -4.60. The number of hydrogen-bond acceptors (Lipinski definition) is 10. The van der Waals surface area contributed by atoms with Gasteiger partial charge in [0.15, 0.2) is 0 Å². The van der Waals surface area contributed by atoms with Crippen LogP contribution in [0.2, 0.25) is 0 Å². The first-order valence-corrected chi connectivity index (χ1v) is 20.0. The number of aromatic nitrogens is 2. The van der Waals surface area contributed by atoms with Crippen LogP contribution in [0.25, 0.3) is 0 Å². The van der Waals surface area contributed by atoms with Crippen LogP contribution in [0.5, 0.6) is 11.5 Å². The molecular formula is C43H53N4O8P. The lowest BCUT2D eigenvalue weighted by Crippen LogP contribution is -2.45. The van der Waals surface area contributed by atoms with Gasteiger partial charge in [0.05, 0.1) is 45.5 Å². The van der Waals surface area contributed by atoms with Crippen molar-refractivity contribution < 1.29 is 28.0 Å². The van der Waals surface area contributed by atoms with Gasteiger partial charge in [0.1, 0.15) is 29.4 Å². The van der Waals surface area contributed by atoms with Crippen LogP contribution in [0.15, 0.2) is 107 Å². The molecule has 0 aliphatic carbocycles. The Bertz CT molecular complexity index is 1970. The first kappa shape index (κ1) is 42.5. The lowest BCUT2D eigenvalue weighted by Gasteiger charge is -2.42. The van der Waals surface area contributed by atoms with E-state index in [2.05, 4.69) is 50.0 Å². The van der Waals surface area contributed by atoms with Crippen LogP contribution < -0.4 is 20.7 Å². The highest BCUT2D eigenvalue weighted by atomic mass is 31.2. The van der Waals surface area contributed by atoms with E-state index in [1.165, 1.54) is 10.8 Å². The van der Waals surface area contributed by atoms with E-state index in [0.717, 1.165) is 16.7 Å². The van der Waals surface area contributed by atoms with Gasteiger partial charge in [0.25, 0.3) is 14.1 Å². The molecule has 1 aliphatic rings. The maximum absolute atomic E-state index is 13.3. The van der Waals surface area contributed by atoms with E-state index in [1.807, 2.05) is 78.9 Å². The molecule has 0 amide bonds. The van der Waals surface area contributed by atoms with Crippen molar-refractivity contribution in [1.82, 2.24) is 14.2 Å². The van der Waals surface area contributed by atoms with E-state index in [0.29, 0.717) is 23.5 Å². The molecule has 298 valence electrons. The minimum absolute atomic E-state index is 0.0420. The molecule has 13 heteroatoms. The van der Waals surface area contributed by atoms with Crippen molar-refractivity contribution in [1.29, 1.82) is 5.26 Å². The summed E-state index contributed by atoms with van der Waals surface area (Å²) >= 11 is 0. The molecule has 5 rings (SSSR count). The minimum atomic E-state index is -1.72. The SMILES string of the molecule is C=CC[C@@H](OC(c1ccccc1)(c1ccc(OC)cc1)c1ccc(OC)cc1)[C@H]1O[C@@H](n2cc(C)c(=O)[nH]c2=O)C[C@@H]1OP(OCCC#N)N(C(C)C)C(C)C. The third-order valence-electron chi connectivity index (χ3n) is 9.73. The van der Waals surface area contributed by atoms with Crippen LogP contribution in [-0.4, -0.2) is 65.4 Å². The van der Waals surface area contributed by atoms with Gasteiger partial charge in [-0.1, -0.05) is 60.7 Å². The summed E-state index contributed by atoms with van der Waals surface area (Å²) in [6, 6.07) is 27.8. The van der Waals surface area contributed by atoms with Crippen LogP contribution in [0.3, 0.4) is 0 Å². The van der Waals surface area contributed by atoms with E-state index in [1.54, 1.807) is 27.2 Å². The zero-order chi connectivity index (χ0) is 40.4. The standard InChI is InChI=1S/C43H53N4O8P/c1-9-14-37(54-43(32-15-11-10-12-16-32,33-17-21-35(50-7)22-18-33)34-19-23-36(51-8)24-20-34)40-38(27-39(53-40)46-28-31(6)41(48)45-42(46)49)55-56(52-26-13-25-44)47(29(2)3)30(4)5/h9-12,15-24,28-30,37-40H,1,13-14,26-27H2,2-8H3,(H,45,48,49)/t37-,38+,39-,40-,56?/m1/s1. The quantitative estimate of drug-likeness (QED) is 0.0435. The van der Waals surface area contributed by atoms with Crippen molar-refractivity contribution in [2.24, 2.45) is 0 Å². The Kier molecular flexibility index (Phi) is 14.8. The van der Waals surface area contributed by atoms with Gasteiger partial charge in [0, 0.05) is 30.3 Å². The minimum Gasteiger partial charge on any atom is -0.497 e. The molecule has 12 nitrogen and oxygen atoms in total. The van der Waals surface area contributed by atoms with E-state index in [9.17, 15) is 14.9 Å². The molecule has 1 fully saturated rings. The van der Waals surface area contributed by atoms with Gasteiger partial charge in [-0.05, 0) is 82.0 Å². The van der Waals surface area contributed by atoms with E-state index in [-0.39, 0.29) is 31.5 Å². The summed E-state index contributed by atoms with van der Waals surface area (Å²) in [5.41, 5.74) is 0.611. The summed E-state index contributed by atoms with van der Waals surface area (Å²) < 4.78 is 42.5. The summed E-state index contributed by atoms with van der Waals surface area (Å²) in [5, 5.41) is 9.38. The van der Waals surface area contributed by atoms with Crippen LogP contribution in [0.4, 0.5) is 0 Å². The highest BCUT2D eigenvalue weighted by Gasteiger charge is 2.49. The first-order valence-electron chi connectivity index (χ1n) is 18.8. The summed E-state index contributed by atoms with van der Waals surface area (Å²) in [4.78, 5) is 28.2. The van der Waals surface area contributed by atoms with Crippen molar-refractivity contribution in [2.75, 3.05) is 20.8 Å². The van der Waals surface area contributed by atoms with Gasteiger partial charge < -0.3 is 28.0 Å². The van der Waals surface area contributed by atoms with E-state index >= 15 is 0 Å². The maximum atomic E-state index is 13.3. The monoisotopic (exact) mass is 784 g/mol. The molecule has 0 radical (unpaired) electrons. The second kappa shape index (κ2) is 19.5. The number of nitrogens with one attached hydrogen (secondary N) is 1. The van der Waals surface area contributed by atoms with Crippen molar-refractivity contribution in [3.63, 3.8) is 0 Å². The first-order chi connectivity index (χ1) is 27.0. The number of ether oxygens (including phenoxy) is 4. The zero-order valence-electron chi connectivity index (χ0n) is 33.2. The largest absolute Gasteiger partial charge is 0.497 e. The zero-order valence-corrected chi connectivity index (χ0v) is 34.1. The van der Waals surface area contributed by atoms with Crippen molar-refractivity contribution >= 4 is 8.53 Å². The van der Waals surface area contributed by atoms with Gasteiger partial charge in [0.2, 0.25) is 0 Å². The molecule has 1 N–H and O–H groups in total. The number of rotatable bonds is 19. The number of hydrogen-bond donors (Lipinski definition) is 1. The number of aromatic amines is 1. The maximum Gasteiger partial charge on any atom is 0.330 e. The number of H-pyrrole nitrogens is 1. The van der Waals surface area contributed by atoms with E-state index in [4.69, 9.17) is 28.0 Å². The molecule has 1 aliphatic heterocycles. The molecular weight excluding hydrogens is 731 g/mol. The van der Waals surface area contributed by atoms with Crippen LogP contribution >= 0.6 is 8.53 Å². The average molecular weight is 785 g/mol. The summed E-state index contributed by atoms with van der Waals surface area (Å²) in [7, 11) is 1.53. The summed E-state index contributed by atoms with van der Waals surface area (Å²) in [6.45, 7) is 14.2. The molecule has 2 heterocycles. The van der Waals surface area contributed by atoms with Crippen LogP contribution in [0.1, 0.15) is 75.4 Å². The highest BCUT2D eigenvalue weighted by Crippen LogP contribution is 2.52. The Morgan fingerprint density at radius 2 is 1.54 bits per heavy atom. The molecule has 5 atom stereocenters. The second-order valence-corrected chi connectivity index (χ2v) is 15.6. The topological polar surface area (TPSA) is 137 Å². The van der Waals surface area contributed by atoms with Gasteiger partial charge in [-0.2, -0.15) is 5.26 Å². The fourth-order valence-electron chi connectivity index (χ4n) is 7.15. The molecule has 3 aromatic carbocycles. The van der Waals surface area contributed by atoms with Gasteiger partial charge in [-0.25, -0.2) is 9.46 Å². The Morgan fingerprint density at radius 1 is 0.964 bits per heavy atom. The van der Waals surface area contributed by atoms with Crippen molar-refractivity contribution in [3.8, 4) is 17.6 Å². The fourth-order valence-corrected chi connectivity index (χ4v) is 8.89. The van der Waals surface area contributed by atoms with Crippen LogP contribution in [0, 0.1) is 18.3 Å². The lowest BCUT2D eigenvalue weighted by atomic mass is 9.79. The molecule has 0 bridgehead atoms. The number of aryl methyl sites for hydroxylation is 1. The van der Waals surface area contributed by atoms with Crippen LogP contribution in [-0.2, 0) is 24.1 Å². The molecule has 1 aromatic heterocycles. The molecule has 0 spiro atoms. The van der Waals surface area contributed by atoms with Gasteiger partial charge in [-0.3, -0.25) is 14.3 Å². The normalized spacial score (nSPS) is 18.2. The Balaban J connectivity index is 1.70. The molecule has 56 heavy (non-hydrogen) atoms. The highest BCUT2D eigenvalue weighted by molar-refractivity contribution is 7.44. The van der Waals surface area contributed by atoms with Gasteiger partial charge >= 0.3 is 5.69 Å². The van der Waals surface area contributed by atoms with E-state index < -0.39 is 49.9 Å². The Morgan fingerprint density at radius 3 is 2.05 bits per heavy atom. The summed E-state index contributed by atoms with van der Waals surface area (Å²) in [6.07, 6.45) is 1.08. The third-order valence-corrected chi connectivity index (χ3v) is 11.9. The number of nitriles is 1. The number of benzene rings is 3. The second-order valence-electron chi connectivity index (χ2n) is 14.1. The Labute approximate surface area is 330 Å². The molecule has 0 saturated carbocycles. The smallest absolute Gasteiger partial charge is 0.330 e. The number of methoxy groups -OCH3 is 2. The fraction of sp³-hybridized carbons (Fsp3) is 0.419. The molecule has 1 saturated heterocycles. The predicted octanol–water partition coefficient (Wildman–Crippen LogP) is 7.76. The van der Waals surface area contributed by atoms with Crippen molar-refractivity contribution in [3.05, 3.63) is 141 Å². The van der Waals surface area contributed by atoms with Crippen molar-refractivity contribution in [2.45, 2.75) is 96.1 Å². The molecule has 1 unspecified atom stereocenters. The summed E-state index contributed by atoms with van der Waals surface area (Å²) in [5.74, 6) is 1.38. The van der Waals surface area contributed by atoms with Gasteiger partial charge in [-0.15, -0.1) is 6.58 Å². The molecule has 4 aromatic rings. The number of nitrogens with zero attached hydrogens (tertiary/aromatic N) is 3. The third kappa shape index (κ3) is 9.49. The average Bonchev–Trinajstić information content (AvgIpc) is 3.61. The predicted molar refractivity (Wildman–Crippen MR) is 217 cm³/mol. The lowest BCUT2D eigenvalue weighted by molar-refractivity contribution is -0.141.